The number of nitrogens with two attached hydrogens (primary N) is 1. The molecule has 3 N–H and O–H groups in total. The Morgan fingerprint density at radius 3 is 2.65 bits per heavy atom. The summed E-state index contributed by atoms with van der Waals surface area (Å²) in [5, 5.41) is 3.23. The molecule has 0 aliphatic rings. The van der Waals surface area contributed by atoms with E-state index in [1.54, 1.807) is 13.0 Å². The summed E-state index contributed by atoms with van der Waals surface area (Å²) in [4.78, 5) is 24.7. The van der Waals surface area contributed by atoms with Crippen LogP contribution in [0.15, 0.2) is 6.07 Å². The van der Waals surface area contributed by atoms with Crippen LogP contribution in [0.25, 0.3) is 0 Å². The number of hydrogen-bond acceptors (Lipinski definition) is 5. The van der Waals surface area contributed by atoms with E-state index in [0.717, 1.165) is 4.88 Å². The normalized spacial score (nSPS) is 12.3. The van der Waals surface area contributed by atoms with E-state index >= 15 is 0 Å². The minimum Gasteiger partial charge on any atom is -0.462 e. The molecule has 1 rings (SSSR count). The zero-order valence-corrected chi connectivity index (χ0v) is 13.2. The van der Waals surface area contributed by atoms with E-state index in [1.165, 1.54) is 11.3 Å². The molecule has 1 amide bonds. The topological polar surface area (TPSA) is 81.4 Å². The summed E-state index contributed by atoms with van der Waals surface area (Å²) in [6.07, 6.45) is 0.602. The van der Waals surface area contributed by atoms with Gasteiger partial charge in [-0.2, -0.15) is 0 Å². The van der Waals surface area contributed by atoms with Gasteiger partial charge in [0.25, 0.3) is 0 Å². The first-order chi connectivity index (χ1) is 9.35. The second-order valence-corrected chi connectivity index (χ2v) is 6.30. The van der Waals surface area contributed by atoms with Crippen LogP contribution in [0.1, 0.15) is 42.4 Å². The molecular formula is C14H22N2O3S. The second-order valence-electron chi connectivity index (χ2n) is 5.05. The lowest BCUT2D eigenvalue weighted by Crippen LogP contribution is -2.36. The summed E-state index contributed by atoms with van der Waals surface area (Å²) >= 11 is 1.34. The standard InChI is InChI=1S/C14H22N2O3S/c1-5-19-14(18)10-7-9(4)20-13(10)16-12(17)11(15)6-8(2)3/h7-8,11H,5-6,15H2,1-4H3,(H,16,17)/t11-/m0/s1. The minimum atomic E-state index is -0.576. The SMILES string of the molecule is CCOC(=O)c1cc(C)sc1NC(=O)[C@@H](N)CC(C)C. The first-order valence-corrected chi connectivity index (χ1v) is 7.50. The Labute approximate surface area is 123 Å². The van der Waals surface area contributed by atoms with Gasteiger partial charge >= 0.3 is 5.97 Å². The van der Waals surface area contributed by atoms with Crippen LogP contribution in [0.5, 0.6) is 0 Å². The number of amides is 1. The summed E-state index contributed by atoms with van der Waals surface area (Å²) in [7, 11) is 0. The Balaban J connectivity index is 2.81. The molecule has 0 fully saturated rings. The highest BCUT2D eigenvalue weighted by atomic mass is 32.1. The van der Waals surface area contributed by atoms with Crippen molar-refractivity contribution in [3.8, 4) is 0 Å². The Hall–Kier alpha value is -1.40. The van der Waals surface area contributed by atoms with Crippen molar-refractivity contribution >= 4 is 28.2 Å². The van der Waals surface area contributed by atoms with Gasteiger partial charge in [-0.1, -0.05) is 13.8 Å². The zero-order valence-electron chi connectivity index (χ0n) is 12.4. The van der Waals surface area contributed by atoms with Crippen LogP contribution >= 0.6 is 11.3 Å². The van der Waals surface area contributed by atoms with Crippen LogP contribution in [-0.4, -0.2) is 24.5 Å². The molecule has 6 heteroatoms. The third-order valence-corrected chi connectivity index (χ3v) is 3.62. The number of ether oxygens (including phenoxy) is 1. The van der Waals surface area contributed by atoms with Crippen molar-refractivity contribution in [2.45, 2.75) is 40.2 Å². The molecule has 0 aliphatic carbocycles. The van der Waals surface area contributed by atoms with E-state index in [0.29, 0.717) is 29.5 Å². The van der Waals surface area contributed by atoms with Crippen molar-refractivity contribution in [2.24, 2.45) is 11.7 Å². The quantitative estimate of drug-likeness (QED) is 0.791. The highest BCUT2D eigenvalue weighted by Gasteiger charge is 2.21. The van der Waals surface area contributed by atoms with Crippen LogP contribution in [-0.2, 0) is 9.53 Å². The molecule has 0 radical (unpaired) electrons. The van der Waals surface area contributed by atoms with E-state index in [2.05, 4.69) is 5.32 Å². The van der Waals surface area contributed by atoms with Crippen molar-refractivity contribution in [2.75, 3.05) is 11.9 Å². The number of hydrogen-bond donors (Lipinski definition) is 2. The minimum absolute atomic E-state index is 0.272. The summed E-state index contributed by atoms with van der Waals surface area (Å²) in [6.45, 7) is 7.93. The average Bonchev–Trinajstić information content (AvgIpc) is 2.69. The number of carbonyl (C=O) groups is 2. The van der Waals surface area contributed by atoms with E-state index in [4.69, 9.17) is 10.5 Å². The van der Waals surface area contributed by atoms with Crippen LogP contribution in [0, 0.1) is 12.8 Å². The lowest BCUT2D eigenvalue weighted by atomic mass is 10.0. The van der Waals surface area contributed by atoms with Gasteiger partial charge in [-0.15, -0.1) is 11.3 Å². The van der Waals surface area contributed by atoms with Gasteiger partial charge in [0.1, 0.15) is 5.00 Å². The van der Waals surface area contributed by atoms with E-state index in [9.17, 15) is 9.59 Å². The third-order valence-electron chi connectivity index (χ3n) is 2.65. The van der Waals surface area contributed by atoms with Crippen LogP contribution in [0.3, 0.4) is 0 Å². The molecule has 0 saturated carbocycles. The number of esters is 1. The van der Waals surface area contributed by atoms with Gasteiger partial charge in [-0.3, -0.25) is 4.79 Å². The van der Waals surface area contributed by atoms with Gasteiger partial charge in [0.05, 0.1) is 18.2 Å². The highest BCUT2D eigenvalue weighted by molar-refractivity contribution is 7.16. The molecule has 0 aromatic carbocycles. The fourth-order valence-corrected chi connectivity index (χ4v) is 2.69. The Morgan fingerprint density at radius 1 is 1.45 bits per heavy atom. The molecule has 0 aliphatic heterocycles. The fraction of sp³-hybridized carbons (Fsp3) is 0.571. The van der Waals surface area contributed by atoms with Gasteiger partial charge in [-0.25, -0.2) is 4.79 Å². The lowest BCUT2D eigenvalue weighted by molar-refractivity contribution is -0.117. The average molecular weight is 298 g/mol. The summed E-state index contributed by atoms with van der Waals surface area (Å²) in [5.41, 5.74) is 6.22. The molecule has 5 nitrogen and oxygen atoms in total. The van der Waals surface area contributed by atoms with Crippen molar-refractivity contribution in [3.05, 3.63) is 16.5 Å². The van der Waals surface area contributed by atoms with Gasteiger partial charge in [0, 0.05) is 4.88 Å². The van der Waals surface area contributed by atoms with E-state index in [-0.39, 0.29) is 5.91 Å². The van der Waals surface area contributed by atoms with Gasteiger partial charge in [-0.05, 0) is 32.3 Å². The third kappa shape index (κ3) is 4.61. The molecule has 1 aromatic rings. The smallest absolute Gasteiger partial charge is 0.341 e. The zero-order chi connectivity index (χ0) is 15.3. The summed E-state index contributed by atoms with van der Waals surface area (Å²) in [5.74, 6) is -0.360. The van der Waals surface area contributed by atoms with Crippen LogP contribution < -0.4 is 11.1 Å². The molecule has 112 valence electrons. The number of nitrogens with one attached hydrogen (secondary N) is 1. The summed E-state index contributed by atoms with van der Waals surface area (Å²) in [6, 6.07) is 1.14. The van der Waals surface area contributed by atoms with Crippen molar-refractivity contribution in [1.29, 1.82) is 0 Å². The second kappa shape index (κ2) is 7.40. The van der Waals surface area contributed by atoms with Crippen molar-refractivity contribution < 1.29 is 14.3 Å². The Bertz CT molecular complexity index is 483. The maximum absolute atomic E-state index is 12.0. The Morgan fingerprint density at radius 2 is 2.10 bits per heavy atom. The first kappa shape index (κ1) is 16.7. The maximum Gasteiger partial charge on any atom is 0.341 e. The highest BCUT2D eigenvalue weighted by Crippen LogP contribution is 2.28. The largest absolute Gasteiger partial charge is 0.462 e. The number of anilines is 1. The molecule has 0 unspecified atom stereocenters. The van der Waals surface area contributed by atoms with E-state index < -0.39 is 12.0 Å². The lowest BCUT2D eigenvalue weighted by Gasteiger charge is -2.14. The Kier molecular flexibility index (Phi) is 6.16. The maximum atomic E-state index is 12.0. The predicted octanol–water partition coefficient (Wildman–Crippen LogP) is 2.55. The number of aryl methyl sites for hydroxylation is 1. The van der Waals surface area contributed by atoms with Crippen LogP contribution in [0.2, 0.25) is 0 Å². The molecule has 20 heavy (non-hydrogen) atoms. The monoisotopic (exact) mass is 298 g/mol. The molecule has 1 heterocycles. The molecule has 0 bridgehead atoms. The number of thiophene rings is 1. The predicted molar refractivity (Wildman–Crippen MR) is 81.1 cm³/mol. The first-order valence-electron chi connectivity index (χ1n) is 6.69. The van der Waals surface area contributed by atoms with Gasteiger partial charge in [0.2, 0.25) is 5.91 Å². The summed E-state index contributed by atoms with van der Waals surface area (Å²) < 4.78 is 4.97. The van der Waals surface area contributed by atoms with Crippen molar-refractivity contribution in [1.82, 2.24) is 0 Å². The number of rotatable bonds is 6. The molecular weight excluding hydrogens is 276 g/mol. The molecule has 0 saturated heterocycles. The van der Waals surface area contributed by atoms with Gasteiger partial charge < -0.3 is 15.8 Å². The number of carbonyl (C=O) groups excluding carboxylic acids is 2. The fourth-order valence-electron chi connectivity index (χ4n) is 1.79. The molecule has 0 spiro atoms. The van der Waals surface area contributed by atoms with E-state index in [1.807, 2.05) is 20.8 Å². The van der Waals surface area contributed by atoms with Crippen LogP contribution in [0.4, 0.5) is 5.00 Å². The molecule has 1 atom stereocenters. The van der Waals surface area contributed by atoms with Crippen molar-refractivity contribution in [3.63, 3.8) is 0 Å². The molecule has 1 aromatic heterocycles. The van der Waals surface area contributed by atoms with Gasteiger partial charge in [0.15, 0.2) is 0 Å².